The lowest BCUT2D eigenvalue weighted by atomic mass is 10.1. The van der Waals surface area contributed by atoms with Crippen LogP contribution >= 0.6 is 11.6 Å². The summed E-state index contributed by atoms with van der Waals surface area (Å²) in [6, 6.07) is 7.76. The molecule has 4 rings (SSSR count). The van der Waals surface area contributed by atoms with Gasteiger partial charge in [-0.1, -0.05) is 38.3 Å². The van der Waals surface area contributed by atoms with E-state index in [1.165, 1.54) is 24.5 Å². The lowest BCUT2D eigenvalue weighted by Crippen LogP contribution is -2.09. The molecule has 4 aromatic rings. The largest absolute Gasteiger partial charge is 0.325 e. The maximum absolute atomic E-state index is 13.7. The number of aryl methyl sites for hydroxylation is 2. The van der Waals surface area contributed by atoms with Crippen LogP contribution in [-0.2, 0) is 13.0 Å². The number of anilines is 2. The van der Waals surface area contributed by atoms with E-state index in [9.17, 15) is 13.2 Å². The van der Waals surface area contributed by atoms with E-state index in [4.69, 9.17) is 16.7 Å². The summed E-state index contributed by atoms with van der Waals surface area (Å²) >= 11 is 6.06. The minimum Gasteiger partial charge on any atom is -0.325 e. The fourth-order valence-electron chi connectivity index (χ4n) is 4.03. The van der Waals surface area contributed by atoms with Gasteiger partial charge in [0.15, 0.2) is 5.82 Å². The van der Waals surface area contributed by atoms with E-state index in [1.54, 1.807) is 19.1 Å². The van der Waals surface area contributed by atoms with Crippen molar-refractivity contribution in [3.63, 3.8) is 0 Å². The summed E-state index contributed by atoms with van der Waals surface area (Å²) in [5, 5.41) is 12.2. The molecule has 0 atom stereocenters. The summed E-state index contributed by atoms with van der Waals surface area (Å²) < 4.78 is 43.8. The van der Waals surface area contributed by atoms with Gasteiger partial charge in [0.2, 0.25) is 0 Å². The van der Waals surface area contributed by atoms with Crippen LogP contribution in [0.2, 0.25) is 5.02 Å². The van der Waals surface area contributed by atoms with Gasteiger partial charge in [0.05, 0.1) is 16.4 Å². The number of benzene rings is 1. The number of hydrogen-bond donors (Lipinski definition) is 1. The first-order valence-electron chi connectivity index (χ1n) is 11.8. The van der Waals surface area contributed by atoms with Gasteiger partial charge in [-0.15, -0.1) is 0 Å². The van der Waals surface area contributed by atoms with Crippen LogP contribution in [0.25, 0.3) is 17.1 Å². The first-order valence-corrected chi connectivity index (χ1v) is 12.2. The average molecular weight is 518 g/mol. The maximum Gasteiger partial charge on any atom is 0.282 e. The molecule has 0 saturated carbocycles. The van der Waals surface area contributed by atoms with Gasteiger partial charge in [-0.25, -0.2) is 32.5 Å². The van der Waals surface area contributed by atoms with Gasteiger partial charge in [0.1, 0.15) is 29.5 Å². The molecule has 0 aliphatic rings. The van der Waals surface area contributed by atoms with Crippen LogP contribution in [0.3, 0.4) is 0 Å². The Balaban J connectivity index is 1.75. The number of unbranched alkanes of at least 4 members (excludes halogenated alkanes) is 2. The molecule has 0 unspecified atom stereocenters. The van der Waals surface area contributed by atoms with Crippen LogP contribution in [-0.4, -0.2) is 29.5 Å². The molecule has 190 valence electrons. The molecular weight excluding hydrogens is 491 g/mol. The molecule has 1 N–H and O–H groups in total. The van der Waals surface area contributed by atoms with E-state index in [1.807, 2.05) is 11.6 Å². The van der Waals surface area contributed by atoms with Crippen LogP contribution in [0.5, 0.6) is 0 Å². The summed E-state index contributed by atoms with van der Waals surface area (Å²) in [5.41, 5.74) is 2.35. The van der Waals surface area contributed by atoms with E-state index in [0.29, 0.717) is 18.8 Å². The third kappa shape index (κ3) is 5.23. The molecule has 0 fully saturated rings. The van der Waals surface area contributed by atoms with Crippen molar-refractivity contribution in [1.29, 1.82) is 0 Å². The Hall–Kier alpha value is -3.40. The normalized spacial score (nSPS) is 11.4. The molecule has 0 amide bonds. The Morgan fingerprint density at radius 1 is 1.06 bits per heavy atom. The number of alkyl halides is 2. The van der Waals surface area contributed by atoms with Gasteiger partial charge in [-0.05, 0) is 44.0 Å². The highest BCUT2D eigenvalue weighted by molar-refractivity contribution is 6.31. The van der Waals surface area contributed by atoms with Crippen molar-refractivity contribution in [3.05, 3.63) is 64.5 Å². The van der Waals surface area contributed by atoms with Crippen LogP contribution in [0.4, 0.5) is 24.8 Å². The quantitative estimate of drug-likeness (QED) is 0.228. The van der Waals surface area contributed by atoms with E-state index in [-0.39, 0.29) is 22.4 Å². The first kappa shape index (κ1) is 25.7. The molecular formula is C25H27ClF3N7. The molecule has 36 heavy (non-hydrogen) atoms. The Morgan fingerprint density at radius 3 is 2.47 bits per heavy atom. The van der Waals surface area contributed by atoms with Gasteiger partial charge in [0, 0.05) is 23.7 Å². The van der Waals surface area contributed by atoms with Gasteiger partial charge < -0.3 is 5.32 Å². The number of rotatable bonds is 10. The Labute approximate surface area is 212 Å². The number of nitrogens with zero attached hydrogens (tertiary/aromatic N) is 6. The molecule has 11 heteroatoms. The minimum atomic E-state index is -2.82. The van der Waals surface area contributed by atoms with Crippen molar-refractivity contribution < 1.29 is 13.2 Å². The van der Waals surface area contributed by atoms with Crippen molar-refractivity contribution in [2.75, 3.05) is 5.32 Å². The molecule has 0 bridgehead atoms. The van der Waals surface area contributed by atoms with Gasteiger partial charge in [0.25, 0.3) is 6.43 Å². The van der Waals surface area contributed by atoms with E-state index in [0.717, 1.165) is 46.6 Å². The fraction of sp³-hybridized carbons (Fsp3) is 0.360. The predicted octanol–water partition coefficient (Wildman–Crippen LogP) is 7.06. The predicted molar refractivity (Wildman–Crippen MR) is 134 cm³/mol. The zero-order chi connectivity index (χ0) is 25.8. The number of hydrogen-bond acceptors (Lipinski definition) is 5. The minimum absolute atomic E-state index is 0.0932. The summed E-state index contributed by atoms with van der Waals surface area (Å²) in [5.74, 6) is 0.970. The summed E-state index contributed by atoms with van der Waals surface area (Å²) in [4.78, 5) is 8.43. The lowest BCUT2D eigenvalue weighted by Gasteiger charge is -2.12. The second-order valence-corrected chi connectivity index (χ2v) is 8.73. The van der Waals surface area contributed by atoms with Crippen molar-refractivity contribution in [2.24, 2.45) is 0 Å². The highest BCUT2D eigenvalue weighted by Crippen LogP contribution is 2.33. The number of aromatic nitrogens is 6. The Kier molecular flexibility index (Phi) is 7.93. The molecule has 3 aromatic heterocycles. The maximum atomic E-state index is 13.7. The molecule has 0 radical (unpaired) electrons. The lowest BCUT2D eigenvalue weighted by molar-refractivity contribution is 0.142. The molecule has 0 spiro atoms. The van der Waals surface area contributed by atoms with Crippen LogP contribution < -0.4 is 5.32 Å². The first-order chi connectivity index (χ1) is 17.3. The fourth-order valence-corrected chi connectivity index (χ4v) is 4.23. The second-order valence-electron chi connectivity index (χ2n) is 8.35. The number of nitrogens with one attached hydrogen (secondary N) is 1. The summed E-state index contributed by atoms with van der Waals surface area (Å²) in [6.45, 7) is 6.37. The van der Waals surface area contributed by atoms with Crippen molar-refractivity contribution >= 4 is 23.2 Å². The zero-order valence-electron chi connectivity index (χ0n) is 20.3. The average Bonchev–Trinajstić information content (AvgIpc) is 3.36. The van der Waals surface area contributed by atoms with Gasteiger partial charge in [-0.2, -0.15) is 10.2 Å². The SMILES string of the molecule is CCCCCn1nc(-c2ccc(F)cc2)c(CC)c1Nc1cc(-n2nc(C)c(Cl)c2C(F)F)ncn1. The highest BCUT2D eigenvalue weighted by Gasteiger charge is 2.24. The molecule has 1 aromatic carbocycles. The molecule has 0 aliphatic carbocycles. The molecule has 0 saturated heterocycles. The Bertz CT molecular complexity index is 1330. The van der Waals surface area contributed by atoms with Crippen LogP contribution in [0.1, 0.15) is 56.5 Å². The standard InChI is InChI=1S/C25H27ClF3N7/c1-4-6-7-12-35-25(18(5-2)22(34-35)16-8-10-17(27)11-9-16)32-19-13-20(31-14-30-19)36-23(24(28)29)21(26)15(3)33-36/h8-11,13-14,24H,4-7,12H2,1-3H3,(H,30,31,32). The topological polar surface area (TPSA) is 73.5 Å². The van der Waals surface area contributed by atoms with Crippen LogP contribution in [0, 0.1) is 12.7 Å². The van der Waals surface area contributed by atoms with Crippen molar-refractivity contribution in [2.45, 2.75) is 59.4 Å². The van der Waals surface area contributed by atoms with E-state index < -0.39 is 12.1 Å². The Morgan fingerprint density at radius 2 is 1.81 bits per heavy atom. The zero-order valence-corrected chi connectivity index (χ0v) is 21.0. The van der Waals surface area contributed by atoms with Crippen molar-refractivity contribution in [3.8, 4) is 17.1 Å². The molecule has 0 aliphatic heterocycles. The second kappa shape index (κ2) is 11.1. The van der Waals surface area contributed by atoms with Crippen molar-refractivity contribution in [1.82, 2.24) is 29.5 Å². The summed E-state index contributed by atoms with van der Waals surface area (Å²) in [7, 11) is 0. The monoisotopic (exact) mass is 517 g/mol. The third-order valence-corrected chi connectivity index (χ3v) is 6.31. The third-order valence-electron chi connectivity index (χ3n) is 5.84. The smallest absolute Gasteiger partial charge is 0.282 e. The summed E-state index contributed by atoms with van der Waals surface area (Å²) in [6.07, 6.45) is 2.14. The highest BCUT2D eigenvalue weighted by atomic mass is 35.5. The van der Waals surface area contributed by atoms with Crippen LogP contribution in [0.15, 0.2) is 36.7 Å². The van der Waals surface area contributed by atoms with Gasteiger partial charge in [-0.3, -0.25) is 0 Å². The molecule has 3 heterocycles. The van der Waals surface area contributed by atoms with Gasteiger partial charge >= 0.3 is 0 Å². The number of halogens is 4. The van der Waals surface area contributed by atoms with E-state index >= 15 is 0 Å². The van der Waals surface area contributed by atoms with E-state index in [2.05, 4.69) is 27.3 Å². The molecule has 7 nitrogen and oxygen atoms in total.